The molecule has 0 amide bonds. The van der Waals surface area contributed by atoms with Crippen LogP contribution >= 0.6 is 11.6 Å². The van der Waals surface area contributed by atoms with E-state index in [0.29, 0.717) is 24.0 Å². The van der Waals surface area contributed by atoms with Crippen molar-refractivity contribution in [2.45, 2.75) is 37.6 Å². The van der Waals surface area contributed by atoms with Gasteiger partial charge in [-0.3, -0.25) is 0 Å². The molecule has 1 aromatic rings. The van der Waals surface area contributed by atoms with Gasteiger partial charge in [0.05, 0.1) is 4.90 Å². The van der Waals surface area contributed by atoms with Crippen molar-refractivity contribution >= 4 is 21.6 Å². The first kappa shape index (κ1) is 16.7. The highest BCUT2D eigenvalue weighted by atomic mass is 35.5. The molecule has 4 nitrogen and oxygen atoms in total. The Morgan fingerprint density at radius 1 is 1.38 bits per heavy atom. The Morgan fingerprint density at radius 3 is 2.67 bits per heavy atom. The summed E-state index contributed by atoms with van der Waals surface area (Å²) in [5.74, 6) is 0.526. The maximum Gasteiger partial charge on any atom is 0.242 e. The number of nitrogens with one attached hydrogen (secondary N) is 1. The topological polar surface area (TPSA) is 49.4 Å². The molecule has 6 heteroatoms. The second kappa shape index (κ2) is 7.09. The van der Waals surface area contributed by atoms with E-state index in [2.05, 4.69) is 12.2 Å². The molecule has 21 heavy (non-hydrogen) atoms. The zero-order valence-electron chi connectivity index (χ0n) is 12.6. The molecule has 1 aliphatic rings. The number of nitrogens with zero attached hydrogens (tertiary/aromatic N) is 1. The van der Waals surface area contributed by atoms with Crippen LogP contribution in [0.1, 0.15) is 31.7 Å². The van der Waals surface area contributed by atoms with Crippen molar-refractivity contribution in [1.82, 2.24) is 9.62 Å². The quantitative estimate of drug-likeness (QED) is 0.746. The zero-order chi connectivity index (χ0) is 15.5. The fraction of sp³-hybridized carbons (Fsp3) is 0.600. The molecule has 0 bridgehead atoms. The predicted molar refractivity (Wildman–Crippen MR) is 86.0 cm³/mol. The molecule has 1 aliphatic carbocycles. The Labute approximate surface area is 132 Å². The lowest BCUT2D eigenvalue weighted by molar-refractivity contribution is 0.453. The lowest BCUT2D eigenvalue weighted by Crippen LogP contribution is -2.29. The van der Waals surface area contributed by atoms with Gasteiger partial charge in [0.25, 0.3) is 0 Å². The summed E-state index contributed by atoms with van der Waals surface area (Å²) in [4.78, 5) is 0.273. The van der Waals surface area contributed by atoms with E-state index in [1.54, 1.807) is 25.2 Å². The van der Waals surface area contributed by atoms with Crippen LogP contribution in [0.5, 0.6) is 0 Å². The highest BCUT2D eigenvalue weighted by Crippen LogP contribution is 2.31. The molecule has 0 aromatic heterocycles. The minimum absolute atomic E-state index is 0.273. The van der Waals surface area contributed by atoms with Gasteiger partial charge >= 0.3 is 0 Å². The fourth-order valence-corrected chi connectivity index (χ4v) is 3.76. The summed E-state index contributed by atoms with van der Waals surface area (Å²) < 4.78 is 26.4. The number of hydrogen-bond donors (Lipinski definition) is 1. The van der Waals surface area contributed by atoms with E-state index >= 15 is 0 Å². The van der Waals surface area contributed by atoms with E-state index in [4.69, 9.17) is 11.6 Å². The molecule has 0 unspecified atom stereocenters. The fourth-order valence-electron chi connectivity index (χ4n) is 2.17. The average molecular weight is 331 g/mol. The van der Waals surface area contributed by atoms with Gasteiger partial charge in [0, 0.05) is 25.2 Å². The van der Waals surface area contributed by atoms with Crippen LogP contribution in [0.2, 0.25) is 5.02 Å². The number of sulfonamides is 1. The maximum absolute atomic E-state index is 12.5. The van der Waals surface area contributed by atoms with Crippen molar-refractivity contribution in [2.75, 3.05) is 20.1 Å². The Morgan fingerprint density at radius 2 is 2.10 bits per heavy atom. The van der Waals surface area contributed by atoms with Gasteiger partial charge in [-0.1, -0.05) is 24.6 Å². The lowest BCUT2D eigenvalue weighted by Gasteiger charge is -2.17. The van der Waals surface area contributed by atoms with Gasteiger partial charge < -0.3 is 5.32 Å². The highest BCUT2D eigenvalue weighted by Gasteiger charge is 2.29. The molecule has 1 fully saturated rings. The molecular weight excluding hydrogens is 308 g/mol. The van der Waals surface area contributed by atoms with Crippen LogP contribution in [0.3, 0.4) is 0 Å². The predicted octanol–water partition coefficient (Wildman–Crippen LogP) is 2.87. The Balaban J connectivity index is 2.10. The summed E-state index contributed by atoms with van der Waals surface area (Å²) in [6, 6.07) is 5.00. The third-order valence-corrected chi connectivity index (χ3v) is 5.86. The van der Waals surface area contributed by atoms with Crippen LogP contribution in [0, 0.1) is 5.92 Å². The van der Waals surface area contributed by atoms with Gasteiger partial charge in [0.15, 0.2) is 0 Å². The van der Waals surface area contributed by atoms with E-state index in [0.717, 1.165) is 31.4 Å². The summed E-state index contributed by atoms with van der Waals surface area (Å²) in [6.45, 7) is 4.27. The first-order valence-corrected chi connectivity index (χ1v) is 9.22. The van der Waals surface area contributed by atoms with E-state index < -0.39 is 10.0 Å². The van der Waals surface area contributed by atoms with Crippen molar-refractivity contribution in [3.63, 3.8) is 0 Å². The van der Waals surface area contributed by atoms with E-state index in [1.165, 1.54) is 4.31 Å². The third kappa shape index (κ3) is 4.42. The summed E-state index contributed by atoms with van der Waals surface area (Å²) in [7, 11) is -1.79. The van der Waals surface area contributed by atoms with Crippen molar-refractivity contribution in [1.29, 1.82) is 0 Å². The molecule has 118 valence electrons. The summed E-state index contributed by atoms with van der Waals surface area (Å²) in [5.41, 5.74) is 0.925. The standard InChI is InChI=1S/C15H23ClN2O2S/c1-3-8-17-10-13-6-7-14(9-15(13)16)21(19,20)18(2)11-12-4-5-12/h6-7,9,12,17H,3-5,8,10-11H2,1-2H3. The molecule has 0 saturated heterocycles. The molecule has 1 aromatic carbocycles. The van der Waals surface area contributed by atoms with Gasteiger partial charge in [-0.25, -0.2) is 12.7 Å². The van der Waals surface area contributed by atoms with Crippen molar-refractivity contribution in [3.8, 4) is 0 Å². The van der Waals surface area contributed by atoms with Crippen LogP contribution in [0.4, 0.5) is 0 Å². The minimum atomic E-state index is -3.43. The number of rotatable bonds is 8. The molecule has 2 rings (SSSR count). The van der Waals surface area contributed by atoms with Crippen LogP contribution in [-0.4, -0.2) is 32.9 Å². The number of hydrogen-bond acceptors (Lipinski definition) is 3. The first-order valence-electron chi connectivity index (χ1n) is 7.40. The lowest BCUT2D eigenvalue weighted by atomic mass is 10.2. The first-order chi connectivity index (χ1) is 9.95. The minimum Gasteiger partial charge on any atom is -0.313 e. The van der Waals surface area contributed by atoms with Gasteiger partial charge in [-0.15, -0.1) is 0 Å². The largest absolute Gasteiger partial charge is 0.313 e. The normalized spacial score (nSPS) is 15.6. The zero-order valence-corrected chi connectivity index (χ0v) is 14.2. The summed E-state index contributed by atoms with van der Waals surface area (Å²) in [5, 5.41) is 3.76. The van der Waals surface area contributed by atoms with E-state index in [-0.39, 0.29) is 4.90 Å². The summed E-state index contributed by atoms with van der Waals surface area (Å²) in [6.07, 6.45) is 3.31. The highest BCUT2D eigenvalue weighted by molar-refractivity contribution is 7.89. The number of benzene rings is 1. The smallest absolute Gasteiger partial charge is 0.242 e. The maximum atomic E-state index is 12.5. The van der Waals surface area contributed by atoms with Crippen molar-refractivity contribution < 1.29 is 8.42 Å². The Bertz CT molecular complexity index is 585. The summed E-state index contributed by atoms with van der Waals surface area (Å²) >= 11 is 6.21. The van der Waals surface area contributed by atoms with Gasteiger partial charge in [-0.05, 0) is 49.4 Å². The Kier molecular flexibility index (Phi) is 5.66. The molecule has 0 radical (unpaired) electrons. The third-order valence-electron chi connectivity index (χ3n) is 3.69. The SMILES string of the molecule is CCCNCc1ccc(S(=O)(=O)N(C)CC2CC2)cc1Cl. The molecule has 0 aliphatic heterocycles. The van der Waals surface area contributed by atoms with E-state index in [9.17, 15) is 8.42 Å². The molecule has 0 heterocycles. The van der Waals surface area contributed by atoms with Crippen LogP contribution < -0.4 is 5.32 Å². The number of halogens is 1. The van der Waals surface area contributed by atoms with Crippen molar-refractivity contribution in [3.05, 3.63) is 28.8 Å². The monoisotopic (exact) mass is 330 g/mol. The van der Waals surface area contributed by atoms with Crippen LogP contribution in [0.25, 0.3) is 0 Å². The molecular formula is C15H23ClN2O2S. The van der Waals surface area contributed by atoms with Crippen LogP contribution in [0.15, 0.2) is 23.1 Å². The van der Waals surface area contributed by atoms with Gasteiger partial charge in [-0.2, -0.15) is 0 Å². The Hall–Kier alpha value is -0.620. The molecule has 1 N–H and O–H groups in total. The molecule has 0 atom stereocenters. The molecule has 1 saturated carbocycles. The second-order valence-electron chi connectivity index (χ2n) is 5.66. The van der Waals surface area contributed by atoms with Gasteiger partial charge in [0.1, 0.15) is 0 Å². The molecule has 0 spiro atoms. The van der Waals surface area contributed by atoms with Crippen molar-refractivity contribution in [2.24, 2.45) is 5.92 Å². The van der Waals surface area contributed by atoms with E-state index in [1.807, 2.05) is 0 Å². The van der Waals surface area contributed by atoms with Crippen LogP contribution in [-0.2, 0) is 16.6 Å². The van der Waals surface area contributed by atoms with Gasteiger partial charge in [0.2, 0.25) is 10.0 Å². The average Bonchev–Trinajstić information content (AvgIpc) is 3.24. The second-order valence-corrected chi connectivity index (χ2v) is 8.11.